The molecule has 0 spiro atoms. The first-order chi connectivity index (χ1) is 24.8. The molecule has 1 fully saturated rings. The van der Waals surface area contributed by atoms with E-state index in [0.29, 0.717) is 50.1 Å². The fraction of sp³-hybridized carbons (Fsp3) is 0.476. The summed E-state index contributed by atoms with van der Waals surface area (Å²) in [6.45, 7) is 3.12. The molecular weight excluding hydrogens is 640 g/mol. The summed E-state index contributed by atoms with van der Waals surface area (Å²) in [6, 6.07) is 25.1. The Morgan fingerprint density at radius 1 is 0.843 bits per heavy atom. The molecular formula is C42H54N4O5. The van der Waals surface area contributed by atoms with Gasteiger partial charge in [0.05, 0.1) is 12.0 Å². The number of ether oxygens (including phenoxy) is 1. The zero-order valence-electron chi connectivity index (χ0n) is 30.2. The van der Waals surface area contributed by atoms with Gasteiger partial charge in [-0.05, 0) is 55.0 Å². The average Bonchev–Trinajstić information content (AvgIpc) is 3.55. The summed E-state index contributed by atoms with van der Waals surface area (Å²) in [5.41, 5.74) is 2.31. The molecule has 3 aromatic carbocycles. The molecule has 51 heavy (non-hydrogen) atoms. The van der Waals surface area contributed by atoms with E-state index in [4.69, 9.17) is 4.74 Å². The molecule has 5 rings (SSSR count). The number of fused-ring (bicyclic) bond motifs is 3. The molecule has 2 aliphatic rings. The third-order valence-corrected chi connectivity index (χ3v) is 10.1. The molecule has 2 N–H and O–H groups in total. The summed E-state index contributed by atoms with van der Waals surface area (Å²) in [7, 11) is 1.75. The standard InChI is InChI=1S/C42H54N4O5/c1-3-4-5-6-7-8-15-25-38(47)44-37-24-17-26-45(2)41(49)33-22-16-23-36(27-33)51-30-35-28-34(29-46(35)42(37)50)43-40(48)39(31-18-11-9-12-19-31)32-20-13-10-14-21-32/h9-14,16,18-23,27,34-35,37,39H,3-8,15,17,24-26,28-30H2,1-2H3,(H,43,48)(H,44,47)/t34-,35-,37-/m0/s1. The molecule has 0 aromatic heterocycles. The molecule has 9 nitrogen and oxygen atoms in total. The van der Waals surface area contributed by atoms with E-state index in [1.807, 2.05) is 60.7 Å². The number of unbranched alkanes of at least 4 members (excludes halogenated alkanes) is 6. The number of nitrogens with zero attached hydrogens (tertiary/aromatic N) is 2. The lowest BCUT2D eigenvalue weighted by Crippen LogP contribution is -2.52. The molecule has 0 saturated carbocycles. The van der Waals surface area contributed by atoms with E-state index in [9.17, 15) is 19.2 Å². The van der Waals surface area contributed by atoms with Crippen LogP contribution in [0.4, 0.5) is 0 Å². The predicted molar refractivity (Wildman–Crippen MR) is 199 cm³/mol. The van der Waals surface area contributed by atoms with Gasteiger partial charge in [0.25, 0.3) is 5.91 Å². The van der Waals surface area contributed by atoms with Gasteiger partial charge in [0.1, 0.15) is 18.4 Å². The highest BCUT2D eigenvalue weighted by Crippen LogP contribution is 2.28. The van der Waals surface area contributed by atoms with Crippen molar-refractivity contribution in [2.75, 3.05) is 26.7 Å². The SMILES string of the molecule is CCCCCCCCCC(=O)N[C@H]1CCCN(C)C(=O)c2cccc(c2)OC[C@@H]2C[C@H](NC(=O)C(c3ccccc3)c3ccccc3)CN2C1=O. The summed E-state index contributed by atoms with van der Waals surface area (Å²) >= 11 is 0. The molecule has 4 amide bonds. The molecule has 0 aliphatic carbocycles. The number of nitrogens with one attached hydrogen (secondary N) is 2. The van der Waals surface area contributed by atoms with Gasteiger partial charge >= 0.3 is 0 Å². The first-order valence-corrected chi connectivity index (χ1v) is 18.8. The number of carbonyl (C=O) groups excluding carboxylic acids is 4. The summed E-state index contributed by atoms with van der Waals surface area (Å²) in [5.74, 6) is -0.544. The molecule has 0 radical (unpaired) electrons. The second kappa shape index (κ2) is 19.1. The third kappa shape index (κ3) is 10.7. The van der Waals surface area contributed by atoms with E-state index < -0.39 is 12.0 Å². The summed E-state index contributed by atoms with van der Waals surface area (Å²) < 4.78 is 6.23. The monoisotopic (exact) mass is 694 g/mol. The molecule has 9 heteroatoms. The van der Waals surface area contributed by atoms with Crippen LogP contribution in [0.15, 0.2) is 84.9 Å². The second-order valence-electron chi connectivity index (χ2n) is 14.0. The maximum Gasteiger partial charge on any atom is 0.253 e. The van der Waals surface area contributed by atoms with Crippen LogP contribution < -0.4 is 15.4 Å². The maximum absolute atomic E-state index is 14.4. The van der Waals surface area contributed by atoms with E-state index in [1.165, 1.54) is 25.7 Å². The van der Waals surface area contributed by atoms with E-state index in [-0.39, 0.29) is 42.3 Å². The van der Waals surface area contributed by atoms with E-state index >= 15 is 0 Å². The van der Waals surface area contributed by atoms with Crippen molar-refractivity contribution in [3.63, 3.8) is 0 Å². The molecule has 2 heterocycles. The van der Waals surface area contributed by atoms with Crippen molar-refractivity contribution in [2.24, 2.45) is 0 Å². The van der Waals surface area contributed by atoms with Crippen LogP contribution >= 0.6 is 0 Å². The van der Waals surface area contributed by atoms with E-state index in [1.54, 1.807) is 41.1 Å². The Labute approximate surface area is 303 Å². The number of carbonyl (C=O) groups is 4. The van der Waals surface area contributed by atoms with Crippen LogP contribution in [-0.2, 0) is 14.4 Å². The topological polar surface area (TPSA) is 108 Å². The van der Waals surface area contributed by atoms with Crippen LogP contribution in [-0.4, -0.2) is 78.3 Å². The van der Waals surface area contributed by atoms with Crippen LogP contribution in [0, 0.1) is 0 Å². The molecule has 2 aliphatic heterocycles. The predicted octanol–water partition coefficient (Wildman–Crippen LogP) is 6.47. The Hall–Kier alpha value is -4.66. The number of amides is 4. The minimum Gasteiger partial charge on any atom is -0.491 e. The molecule has 2 bridgehead atoms. The van der Waals surface area contributed by atoms with Gasteiger partial charge in [0.15, 0.2) is 0 Å². The first kappa shape index (κ1) is 37.6. The normalized spacial score (nSPS) is 19.6. The van der Waals surface area contributed by atoms with Crippen LogP contribution in [0.5, 0.6) is 5.75 Å². The van der Waals surface area contributed by atoms with E-state index in [2.05, 4.69) is 17.6 Å². The van der Waals surface area contributed by atoms with Crippen LogP contribution in [0.3, 0.4) is 0 Å². The second-order valence-corrected chi connectivity index (χ2v) is 14.0. The summed E-state index contributed by atoms with van der Waals surface area (Å²) in [4.78, 5) is 58.3. The van der Waals surface area contributed by atoms with Gasteiger partial charge < -0.3 is 25.2 Å². The minimum absolute atomic E-state index is 0.125. The van der Waals surface area contributed by atoms with Crippen molar-refractivity contribution >= 4 is 23.6 Å². The van der Waals surface area contributed by atoms with Crippen LogP contribution in [0.25, 0.3) is 0 Å². The van der Waals surface area contributed by atoms with Gasteiger partial charge in [-0.25, -0.2) is 0 Å². The summed E-state index contributed by atoms with van der Waals surface area (Å²) in [6.07, 6.45) is 9.53. The molecule has 1 saturated heterocycles. The Balaban J connectivity index is 1.33. The highest BCUT2D eigenvalue weighted by atomic mass is 16.5. The van der Waals surface area contributed by atoms with Crippen molar-refractivity contribution in [3.8, 4) is 5.75 Å². The Morgan fingerprint density at radius 2 is 1.51 bits per heavy atom. The number of hydrogen-bond donors (Lipinski definition) is 2. The van der Waals surface area contributed by atoms with Crippen molar-refractivity contribution in [1.29, 1.82) is 0 Å². The third-order valence-electron chi connectivity index (χ3n) is 10.1. The zero-order chi connectivity index (χ0) is 36.0. The average molecular weight is 695 g/mol. The maximum atomic E-state index is 14.4. The Morgan fingerprint density at radius 3 is 2.20 bits per heavy atom. The largest absolute Gasteiger partial charge is 0.491 e. The molecule has 272 valence electrons. The van der Waals surface area contributed by atoms with E-state index in [0.717, 1.165) is 30.4 Å². The fourth-order valence-electron chi connectivity index (χ4n) is 7.25. The van der Waals surface area contributed by atoms with Gasteiger partial charge in [-0.15, -0.1) is 0 Å². The van der Waals surface area contributed by atoms with Crippen molar-refractivity contribution in [3.05, 3.63) is 102 Å². The molecule has 0 unspecified atom stereocenters. The Bertz CT molecular complexity index is 1540. The van der Waals surface area contributed by atoms with Crippen molar-refractivity contribution in [1.82, 2.24) is 20.4 Å². The molecule has 3 atom stereocenters. The highest BCUT2D eigenvalue weighted by Gasteiger charge is 2.40. The smallest absolute Gasteiger partial charge is 0.253 e. The number of hydrogen-bond acceptors (Lipinski definition) is 5. The minimum atomic E-state index is -0.746. The van der Waals surface area contributed by atoms with Crippen LogP contribution in [0.1, 0.15) is 105 Å². The zero-order valence-corrected chi connectivity index (χ0v) is 30.2. The fourth-order valence-corrected chi connectivity index (χ4v) is 7.25. The van der Waals surface area contributed by atoms with Crippen molar-refractivity contribution < 1.29 is 23.9 Å². The van der Waals surface area contributed by atoms with Gasteiger partial charge in [-0.2, -0.15) is 0 Å². The highest BCUT2D eigenvalue weighted by molar-refractivity contribution is 5.94. The number of rotatable bonds is 13. The lowest BCUT2D eigenvalue weighted by atomic mass is 9.90. The number of benzene rings is 3. The van der Waals surface area contributed by atoms with Gasteiger partial charge in [0.2, 0.25) is 17.7 Å². The Kier molecular flexibility index (Phi) is 14.1. The van der Waals surface area contributed by atoms with Crippen LogP contribution in [0.2, 0.25) is 0 Å². The quantitative estimate of drug-likeness (QED) is 0.200. The lowest BCUT2D eigenvalue weighted by Gasteiger charge is -2.30. The molecule has 3 aromatic rings. The summed E-state index contributed by atoms with van der Waals surface area (Å²) in [5, 5.41) is 6.33. The van der Waals surface area contributed by atoms with Gasteiger partial charge in [0, 0.05) is 38.2 Å². The lowest BCUT2D eigenvalue weighted by molar-refractivity contribution is -0.138. The van der Waals surface area contributed by atoms with Crippen molar-refractivity contribution in [2.45, 2.75) is 102 Å². The van der Waals surface area contributed by atoms with Gasteiger partial charge in [-0.3, -0.25) is 19.2 Å². The van der Waals surface area contributed by atoms with Gasteiger partial charge in [-0.1, -0.05) is 112 Å². The first-order valence-electron chi connectivity index (χ1n) is 18.8.